The highest BCUT2D eigenvalue weighted by molar-refractivity contribution is 6.23. The first-order chi connectivity index (χ1) is 27.2. The minimum absolute atomic E-state index is 0.123. The maximum absolute atomic E-state index is 15.0. The number of para-hydroxylation sites is 4. The summed E-state index contributed by atoms with van der Waals surface area (Å²) in [5.74, 6) is 0.597. The topological polar surface area (TPSA) is 44.8 Å². The Balaban J connectivity index is 1.22. The van der Waals surface area contributed by atoms with E-state index in [1.54, 1.807) is 4.57 Å². The molecular formula is C50H32N4O. The molecule has 258 valence electrons. The number of hydrogen-bond acceptors (Lipinski definition) is 2. The van der Waals surface area contributed by atoms with E-state index in [0.717, 1.165) is 66.6 Å². The minimum Gasteiger partial charge on any atom is -0.307 e. The third-order valence-electron chi connectivity index (χ3n) is 10.8. The molecule has 8 aromatic carbocycles. The van der Waals surface area contributed by atoms with Crippen molar-refractivity contribution in [3.63, 3.8) is 0 Å². The summed E-state index contributed by atoms with van der Waals surface area (Å²) < 4.78 is 6.46. The van der Waals surface area contributed by atoms with Crippen molar-refractivity contribution in [3.8, 4) is 39.6 Å². The average Bonchev–Trinajstić information content (AvgIpc) is 3.78. The summed E-state index contributed by atoms with van der Waals surface area (Å²) in [4.78, 5) is 20.3. The van der Waals surface area contributed by atoms with Gasteiger partial charge in [-0.05, 0) is 71.8 Å². The zero-order valence-corrected chi connectivity index (χ0v) is 29.7. The second-order valence-electron chi connectivity index (χ2n) is 14.0. The molecule has 0 saturated carbocycles. The van der Waals surface area contributed by atoms with E-state index in [9.17, 15) is 0 Å². The lowest BCUT2D eigenvalue weighted by molar-refractivity contribution is 0.975. The molecule has 0 aliphatic heterocycles. The SMILES string of the molecule is O=c1c2cc(-n3c4ccccc4c4ccc5c6ccccc6n(-c6ccccc6)c5c43)ccc2nc(-c2cccc(-c3ccccc3)c2)n1-c1ccccc1. The Bertz CT molecular complexity index is 3320. The van der Waals surface area contributed by atoms with Gasteiger partial charge in [-0.1, -0.05) is 133 Å². The first kappa shape index (κ1) is 31.1. The highest BCUT2D eigenvalue weighted by Gasteiger charge is 2.22. The van der Waals surface area contributed by atoms with Gasteiger partial charge in [-0.2, -0.15) is 0 Å². The van der Waals surface area contributed by atoms with Gasteiger partial charge >= 0.3 is 0 Å². The Kier molecular flexibility index (Phi) is 6.94. The van der Waals surface area contributed by atoms with E-state index in [1.165, 1.54) is 10.8 Å². The lowest BCUT2D eigenvalue weighted by Crippen LogP contribution is -2.22. The van der Waals surface area contributed by atoms with Crippen LogP contribution in [-0.2, 0) is 0 Å². The van der Waals surface area contributed by atoms with Gasteiger partial charge in [-0.25, -0.2) is 4.98 Å². The number of rotatable bonds is 5. The Morgan fingerprint density at radius 2 is 0.855 bits per heavy atom. The van der Waals surface area contributed by atoms with E-state index in [0.29, 0.717) is 16.7 Å². The van der Waals surface area contributed by atoms with Crippen LogP contribution in [0.25, 0.3) is 94.1 Å². The van der Waals surface area contributed by atoms with E-state index in [-0.39, 0.29) is 5.56 Å². The molecule has 0 aliphatic carbocycles. The van der Waals surface area contributed by atoms with Crippen LogP contribution < -0.4 is 5.56 Å². The van der Waals surface area contributed by atoms with Gasteiger partial charge in [0.25, 0.3) is 5.56 Å². The van der Waals surface area contributed by atoms with Crippen molar-refractivity contribution in [2.24, 2.45) is 0 Å². The Morgan fingerprint density at radius 1 is 0.345 bits per heavy atom. The lowest BCUT2D eigenvalue weighted by atomic mass is 10.0. The van der Waals surface area contributed by atoms with Crippen LogP contribution in [0.3, 0.4) is 0 Å². The van der Waals surface area contributed by atoms with Crippen molar-refractivity contribution in [2.45, 2.75) is 0 Å². The maximum Gasteiger partial charge on any atom is 0.266 e. The Morgan fingerprint density at radius 3 is 1.49 bits per heavy atom. The predicted octanol–water partition coefficient (Wildman–Crippen LogP) is 11.9. The molecule has 0 aliphatic rings. The molecule has 11 rings (SSSR count). The smallest absolute Gasteiger partial charge is 0.266 e. The summed E-state index contributed by atoms with van der Waals surface area (Å²) in [6.07, 6.45) is 0. The standard InChI is InChI=1S/C50H32N4O/c55-50-43-32-38(27-30-44(43)51-49(54(50)37-21-8-3-9-22-37)35-18-14-17-34(31-35)33-15-4-1-5-16-33)53-46-26-13-11-24-40(46)42-29-28-41-39-23-10-12-25-45(39)52(47(41)48(42)53)36-19-6-2-7-20-36/h1-32H. The largest absolute Gasteiger partial charge is 0.307 e. The molecule has 0 fully saturated rings. The van der Waals surface area contributed by atoms with Gasteiger partial charge in [0, 0.05) is 38.5 Å². The van der Waals surface area contributed by atoms with Gasteiger partial charge in [0.05, 0.1) is 38.7 Å². The van der Waals surface area contributed by atoms with Crippen molar-refractivity contribution in [1.29, 1.82) is 0 Å². The summed E-state index contributed by atoms with van der Waals surface area (Å²) in [7, 11) is 0. The first-order valence-electron chi connectivity index (χ1n) is 18.5. The van der Waals surface area contributed by atoms with Gasteiger partial charge in [0.2, 0.25) is 0 Å². The monoisotopic (exact) mass is 704 g/mol. The summed E-state index contributed by atoms with van der Waals surface area (Å²) >= 11 is 0. The number of benzene rings is 8. The second-order valence-corrected chi connectivity index (χ2v) is 14.0. The molecule has 11 aromatic rings. The lowest BCUT2D eigenvalue weighted by Gasteiger charge is -2.16. The third-order valence-corrected chi connectivity index (χ3v) is 10.8. The summed E-state index contributed by atoms with van der Waals surface area (Å²) in [5, 5.41) is 5.21. The van der Waals surface area contributed by atoms with Crippen molar-refractivity contribution >= 4 is 54.5 Å². The Labute approximate surface area is 316 Å². The maximum atomic E-state index is 15.0. The fourth-order valence-electron chi connectivity index (χ4n) is 8.41. The molecule has 3 heterocycles. The quantitative estimate of drug-likeness (QED) is 0.179. The molecule has 0 saturated heterocycles. The third kappa shape index (κ3) is 4.80. The molecule has 0 atom stereocenters. The van der Waals surface area contributed by atoms with Crippen LogP contribution in [0.1, 0.15) is 0 Å². The van der Waals surface area contributed by atoms with Crippen molar-refractivity contribution < 1.29 is 0 Å². The molecule has 5 nitrogen and oxygen atoms in total. The minimum atomic E-state index is -0.123. The number of hydrogen-bond donors (Lipinski definition) is 0. The molecule has 0 radical (unpaired) electrons. The normalized spacial score (nSPS) is 11.7. The highest BCUT2D eigenvalue weighted by Crippen LogP contribution is 2.42. The van der Waals surface area contributed by atoms with E-state index in [1.807, 2.05) is 72.8 Å². The molecule has 0 spiro atoms. The van der Waals surface area contributed by atoms with Crippen LogP contribution in [0.2, 0.25) is 0 Å². The molecule has 3 aromatic heterocycles. The fraction of sp³-hybridized carbons (Fsp3) is 0. The van der Waals surface area contributed by atoms with Gasteiger partial charge < -0.3 is 9.13 Å². The zero-order chi connectivity index (χ0) is 36.5. The summed E-state index contributed by atoms with van der Waals surface area (Å²) in [6.45, 7) is 0. The van der Waals surface area contributed by atoms with E-state index >= 15 is 4.79 Å². The van der Waals surface area contributed by atoms with Crippen molar-refractivity contribution in [3.05, 3.63) is 204 Å². The molecule has 55 heavy (non-hydrogen) atoms. The van der Waals surface area contributed by atoms with Crippen LogP contribution in [0.4, 0.5) is 0 Å². The van der Waals surface area contributed by atoms with Gasteiger partial charge in [0.15, 0.2) is 0 Å². The van der Waals surface area contributed by atoms with Crippen LogP contribution in [-0.4, -0.2) is 18.7 Å². The number of aromatic nitrogens is 4. The van der Waals surface area contributed by atoms with Crippen LogP contribution in [0.5, 0.6) is 0 Å². The Hall–Kier alpha value is -7.50. The number of nitrogens with zero attached hydrogens (tertiary/aromatic N) is 4. The molecule has 0 bridgehead atoms. The van der Waals surface area contributed by atoms with Crippen LogP contribution >= 0.6 is 0 Å². The van der Waals surface area contributed by atoms with E-state index < -0.39 is 0 Å². The average molecular weight is 705 g/mol. The van der Waals surface area contributed by atoms with Crippen LogP contribution in [0.15, 0.2) is 199 Å². The number of fused-ring (bicyclic) bond motifs is 8. The summed E-state index contributed by atoms with van der Waals surface area (Å²) in [5.41, 5.74) is 10.7. The van der Waals surface area contributed by atoms with Gasteiger partial charge in [-0.15, -0.1) is 0 Å². The van der Waals surface area contributed by atoms with Crippen LogP contribution in [0, 0.1) is 0 Å². The fourth-order valence-corrected chi connectivity index (χ4v) is 8.41. The predicted molar refractivity (Wildman–Crippen MR) is 227 cm³/mol. The molecule has 0 amide bonds. The zero-order valence-electron chi connectivity index (χ0n) is 29.7. The van der Waals surface area contributed by atoms with Gasteiger partial charge in [0.1, 0.15) is 5.82 Å². The van der Waals surface area contributed by atoms with E-state index in [4.69, 9.17) is 4.98 Å². The van der Waals surface area contributed by atoms with Crippen molar-refractivity contribution in [2.75, 3.05) is 0 Å². The summed E-state index contributed by atoms with van der Waals surface area (Å²) in [6, 6.07) is 66.7. The molecule has 0 N–H and O–H groups in total. The first-order valence-corrected chi connectivity index (χ1v) is 18.5. The van der Waals surface area contributed by atoms with Gasteiger partial charge in [-0.3, -0.25) is 9.36 Å². The molecule has 5 heteroatoms. The molecule has 0 unspecified atom stereocenters. The second kappa shape index (κ2) is 12.3. The highest BCUT2D eigenvalue weighted by atomic mass is 16.1. The van der Waals surface area contributed by atoms with Crippen molar-refractivity contribution in [1.82, 2.24) is 18.7 Å². The molecular weight excluding hydrogens is 673 g/mol. The van der Waals surface area contributed by atoms with E-state index in [2.05, 4.69) is 130 Å².